The number of aromatic amines is 1. The zero-order valence-corrected chi connectivity index (χ0v) is 16.0. The van der Waals surface area contributed by atoms with Gasteiger partial charge in [0.2, 0.25) is 0 Å². The average molecular weight is 391 g/mol. The highest BCUT2D eigenvalue weighted by molar-refractivity contribution is 5.71. The lowest BCUT2D eigenvalue weighted by molar-refractivity contribution is 0.0541. The van der Waals surface area contributed by atoms with Gasteiger partial charge in [0.15, 0.2) is 11.5 Å². The van der Waals surface area contributed by atoms with Gasteiger partial charge < -0.3 is 20.1 Å². The molecule has 1 saturated heterocycles. The van der Waals surface area contributed by atoms with Crippen molar-refractivity contribution < 1.29 is 9.47 Å². The zero-order valence-electron chi connectivity index (χ0n) is 16.0. The number of nitrogens with zero attached hydrogens (tertiary/aromatic N) is 4. The number of hydrogen-bond donors (Lipinski definition) is 3. The van der Waals surface area contributed by atoms with E-state index in [1.807, 2.05) is 30.3 Å². The maximum Gasteiger partial charge on any atom is 0.158 e. The Labute approximate surface area is 168 Å². The van der Waals surface area contributed by atoms with Gasteiger partial charge in [-0.1, -0.05) is 6.07 Å². The second kappa shape index (κ2) is 8.68. The molecular weight excluding hydrogens is 370 g/mol. The van der Waals surface area contributed by atoms with Crippen molar-refractivity contribution >= 4 is 11.6 Å². The SMILES string of the molecule is COc1cc(COC2CCNC2)ccc1-c1cc(Nc2cnc(C#N)cn2)n[nH]1. The van der Waals surface area contributed by atoms with E-state index in [-0.39, 0.29) is 11.8 Å². The third-order valence-electron chi connectivity index (χ3n) is 4.66. The van der Waals surface area contributed by atoms with E-state index in [1.165, 1.54) is 12.4 Å². The van der Waals surface area contributed by atoms with Crippen LogP contribution in [0.25, 0.3) is 11.3 Å². The van der Waals surface area contributed by atoms with Crippen LogP contribution in [0.15, 0.2) is 36.7 Å². The molecule has 4 rings (SSSR count). The van der Waals surface area contributed by atoms with E-state index < -0.39 is 0 Å². The van der Waals surface area contributed by atoms with Crippen molar-refractivity contribution in [2.75, 3.05) is 25.5 Å². The molecule has 1 fully saturated rings. The van der Waals surface area contributed by atoms with Gasteiger partial charge in [-0.15, -0.1) is 0 Å². The molecule has 29 heavy (non-hydrogen) atoms. The predicted octanol–water partition coefficient (Wildman–Crippen LogP) is 2.37. The lowest BCUT2D eigenvalue weighted by Gasteiger charge is -2.13. The van der Waals surface area contributed by atoms with E-state index in [4.69, 9.17) is 14.7 Å². The second-order valence-corrected chi connectivity index (χ2v) is 6.65. The van der Waals surface area contributed by atoms with E-state index in [0.717, 1.165) is 42.1 Å². The maximum atomic E-state index is 8.79. The summed E-state index contributed by atoms with van der Waals surface area (Å²) in [6.07, 6.45) is 4.21. The number of anilines is 2. The summed E-state index contributed by atoms with van der Waals surface area (Å²) < 4.78 is 11.5. The molecule has 1 aliphatic heterocycles. The number of benzene rings is 1. The van der Waals surface area contributed by atoms with E-state index in [1.54, 1.807) is 7.11 Å². The Morgan fingerprint density at radius 3 is 2.90 bits per heavy atom. The van der Waals surface area contributed by atoms with Crippen molar-refractivity contribution in [2.24, 2.45) is 0 Å². The van der Waals surface area contributed by atoms with Gasteiger partial charge in [0.25, 0.3) is 0 Å². The fourth-order valence-corrected chi connectivity index (χ4v) is 3.14. The number of aromatic nitrogens is 4. The molecule has 1 aromatic carbocycles. The number of nitriles is 1. The monoisotopic (exact) mass is 391 g/mol. The van der Waals surface area contributed by atoms with Gasteiger partial charge in [-0.05, 0) is 30.7 Å². The Hall–Kier alpha value is -3.48. The Kier molecular flexibility index (Phi) is 5.65. The molecular formula is C20H21N7O2. The van der Waals surface area contributed by atoms with Crippen LogP contribution in [0.1, 0.15) is 17.7 Å². The highest BCUT2D eigenvalue weighted by Gasteiger charge is 2.16. The molecule has 0 radical (unpaired) electrons. The molecule has 1 aliphatic rings. The Balaban J connectivity index is 1.46. The molecule has 1 atom stereocenters. The summed E-state index contributed by atoms with van der Waals surface area (Å²) in [5.41, 5.74) is 3.02. The number of rotatable bonds is 7. The average Bonchev–Trinajstić information content (AvgIpc) is 3.45. The largest absolute Gasteiger partial charge is 0.496 e. The van der Waals surface area contributed by atoms with Crippen molar-refractivity contribution in [2.45, 2.75) is 19.1 Å². The van der Waals surface area contributed by atoms with E-state index in [0.29, 0.717) is 18.2 Å². The van der Waals surface area contributed by atoms with Gasteiger partial charge in [0, 0.05) is 18.2 Å². The molecule has 0 saturated carbocycles. The lowest BCUT2D eigenvalue weighted by Crippen LogP contribution is -2.16. The van der Waals surface area contributed by atoms with Crippen LogP contribution in [0.5, 0.6) is 5.75 Å². The van der Waals surface area contributed by atoms with Crippen LogP contribution in [0, 0.1) is 11.3 Å². The highest BCUT2D eigenvalue weighted by atomic mass is 16.5. The van der Waals surface area contributed by atoms with Crippen molar-refractivity contribution in [3.63, 3.8) is 0 Å². The normalized spacial score (nSPS) is 15.8. The van der Waals surface area contributed by atoms with Crippen LogP contribution in [-0.2, 0) is 11.3 Å². The van der Waals surface area contributed by atoms with Crippen molar-refractivity contribution in [3.05, 3.63) is 47.9 Å². The van der Waals surface area contributed by atoms with Crippen molar-refractivity contribution in [3.8, 4) is 23.1 Å². The number of hydrogen-bond acceptors (Lipinski definition) is 8. The fraction of sp³-hybridized carbons (Fsp3) is 0.300. The molecule has 9 heteroatoms. The van der Waals surface area contributed by atoms with E-state index >= 15 is 0 Å². The Bertz CT molecular complexity index is 1000. The van der Waals surface area contributed by atoms with Crippen LogP contribution >= 0.6 is 0 Å². The number of ether oxygens (including phenoxy) is 2. The molecule has 3 N–H and O–H groups in total. The van der Waals surface area contributed by atoms with Gasteiger partial charge in [0.05, 0.1) is 37.9 Å². The van der Waals surface area contributed by atoms with Crippen molar-refractivity contribution in [1.82, 2.24) is 25.5 Å². The lowest BCUT2D eigenvalue weighted by atomic mass is 10.1. The van der Waals surface area contributed by atoms with Crippen LogP contribution in [0.2, 0.25) is 0 Å². The molecule has 3 aromatic rings. The Morgan fingerprint density at radius 1 is 1.24 bits per heavy atom. The topological polar surface area (TPSA) is 121 Å². The van der Waals surface area contributed by atoms with Crippen LogP contribution in [0.3, 0.4) is 0 Å². The molecule has 0 bridgehead atoms. The van der Waals surface area contributed by atoms with Crippen molar-refractivity contribution in [1.29, 1.82) is 5.26 Å². The van der Waals surface area contributed by atoms with E-state index in [2.05, 4.69) is 30.8 Å². The van der Waals surface area contributed by atoms with Gasteiger partial charge in [-0.3, -0.25) is 5.10 Å². The summed E-state index contributed by atoms with van der Waals surface area (Å²) in [6, 6.07) is 9.80. The maximum absolute atomic E-state index is 8.79. The standard InChI is InChI=1S/C20H21N7O2/c1-28-18-6-13(12-29-15-4-5-22-10-15)2-3-16(18)17-7-19(27-26-17)25-20-11-23-14(8-21)9-24-20/h2-3,6-7,9,11,15,22H,4-5,10,12H2,1H3,(H2,24,25,26,27). The molecule has 2 aromatic heterocycles. The Morgan fingerprint density at radius 2 is 2.17 bits per heavy atom. The van der Waals surface area contributed by atoms with Gasteiger partial charge in [-0.2, -0.15) is 10.4 Å². The quantitative estimate of drug-likeness (QED) is 0.561. The first kappa shape index (κ1) is 18.9. The third-order valence-corrected chi connectivity index (χ3v) is 4.66. The summed E-state index contributed by atoms with van der Waals surface area (Å²) in [4.78, 5) is 8.11. The molecule has 0 aliphatic carbocycles. The third kappa shape index (κ3) is 4.51. The molecule has 148 valence electrons. The number of H-pyrrole nitrogens is 1. The minimum absolute atomic E-state index is 0.260. The van der Waals surface area contributed by atoms with Gasteiger partial charge in [-0.25, -0.2) is 9.97 Å². The van der Waals surface area contributed by atoms with E-state index in [9.17, 15) is 0 Å². The summed E-state index contributed by atoms with van der Waals surface area (Å²) in [7, 11) is 1.65. The number of methoxy groups -OCH3 is 1. The molecule has 0 spiro atoms. The minimum Gasteiger partial charge on any atom is -0.496 e. The van der Waals surface area contributed by atoms with Gasteiger partial charge in [0.1, 0.15) is 17.6 Å². The zero-order chi connectivity index (χ0) is 20.1. The molecule has 0 amide bonds. The smallest absolute Gasteiger partial charge is 0.158 e. The molecule has 3 heterocycles. The molecule has 1 unspecified atom stereocenters. The van der Waals surface area contributed by atoms with Crippen LogP contribution in [0.4, 0.5) is 11.6 Å². The fourth-order valence-electron chi connectivity index (χ4n) is 3.14. The first-order valence-corrected chi connectivity index (χ1v) is 9.29. The van der Waals surface area contributed by atoms with Crippen LogP contribution in [-0.4, -0.2) is 46.5 Å². The highest BCUT2D eigenvalue weighted by Crippen LogP contribution is 2.31. The number of nitrogens with one attached hydrogen (secondary N) is 3. The summed E-state index contributed by atoms with van der Waals surface area (Å²) in [5.74, 6) is 1.83. The second-order valence-electron chi connectivity index (χ2n) is 6.65. The first-order chi connectivity index (χ1) is 14.2. The predicted molar refractivity (Wildman–Crippen MR) is 107 cm³/mol. The first-order valence-electron chi connectivity index (χ1n) is 9.29. The summed E-state index contributed by atoms with van der Waals surface area (Å²) >= 11 is 0. The minimum atomic E-state index is 0.260. The van der Waals surface area contributed by atoms with Gasteiger partial charge >= 0.3 is 0 Å². The molecule has 9 nitrogen and oxygen atoms in total. The summed E-state index contributed by atoms with van der Waals surface area (Å²) in [5, 5.41) is 22.4. The van der Waals surface area contributed by atoms with Crippen LogP contribution < -0.4 is 15.4 Å². The summed E-state index contributed by atoms with van der Waals surface area (Å²) in [6.45, 7) is 2.47.